The quantitative estimate of drug-likeness (QED) is 0.617. The number of Topliss-reactive ketones (excluding diaryl/α,β-unsaturated/α-hetero) is 1. The molecule has 2 rings (SSSR count). The summed E-state index contributed by atoms with van der Waals surface area (Å²) < 4.78 is 0. The first kappa shape index (κ1) is 10.2. The number of hydrogen-bond acceptors (Lipinski definition) is 2. The van der Waals surface area contributed by atoms with Crippen molar-refractivity contribution >= 4 is 29.0 Å². The fourth-order valence-electron chi connectivity index (χ4n) is 1.67. The van der Waals surface area contributed by atoms with Crippen LogP contribution in [0.2, 0.25) is 0 Å². The van der Waals surface area contributed by atoms with Gasteiger partial charge in [-0.15, -0.1) is 11.6 Å². The second-order valence-corrected chi connectivity index (χ2v) is 3.84. The molecule has 3 nitrogen and oxygen atoms in total. The van der Waals surface area contributed by atoms with Crippen LogP contribution in [0.15, 0.2) is 18.2 Å². The maximum Gasteiger partial charge on any atom is 0.231 e. The second kappa shape index (κ2) is 3.66. The average Bonchev–Trinajstić information content (AvgIpc) is 2.54. The number of halogens is 1. The zero-order valence-corrected chi connectivity index (χ0v) is 8.97. The Hall–Kier alpha value is -1.35. The number of alkyl halides is 1. The molecule has 1 heterocycles. The molecule has 1 aromatic rings. The zero-order chi connectivity index (χ0) is 11.0. The van der Waals surface area contributed by atoms with Crippen LogP contribution in [0.3, 0.4) is 0 Å². The maximum atomic E-state index is 11.4. The fraction of sp³-hybridized carbons (Fsp3) is 0.273. The molecule has 78 valence electrons. The Balaban J connectivity index is 2.44. The molecule has 1 aliphatic heterocycles. The van der Waals surface area contributed by atoms with E-state index in [9.17, 15) is 9.59 Å². The number of anilines is 1. The minimum absolute atomic E-state index is 0.0273. The molecule has 0 spiro atoms. The summed E-state index contributed by atoms with van der Waals surface area (Å²) in [5.74, 6) is -0.372. The summed E-state index contributed by atoms with van der Waals surface area (Å²) >= 11 is 5.47. The van der Waals surface area contributed by atoms with Crippen molar-refractivity contribution < 1.29 is 9.59 Å². The van der Waals surface area contributed by atoms with E-state index in [1.54, 1.807) is 18.2 Å². The van der Waals surface area contributed by atoms with Crippen molar-refractivity contribution in [1.29, 1.82) is 0 Å². The van der Waals surface area contributed by atoms with Crippen LogP contribution in [-0.2, 0) is 4.79 Å². The number of rotatable bonds is 2. The number of fused-ring (bicyclic) bond motifs is 1. The number of amides is 1. The third-order valence-corrected chi connectivity index (χ3v) is 2.86. The first-order chi connectivity index (χ1) is 7.13. The summed E-state index contributed by atoms with van der Waals surface area (Å²) in [5.41, 5.74) is 2.22. The summed E-state index contributed by atoms with van der Waals surface area (Å²) in [6.45, 7) is 1.82. The summed E-state index contributed by atoms with van der Waals surface area (Å²) in [5, 5.41) is 2.75. The van der Waals surface area contributed by atoms with Gasteiger partial charge in [0.05, 0.1) is 11.8 Å². The maximum absolute atomic E-state index is 11.4. The van der Waals surface area contributed by atoms with E-state index in [4.69, 9.17) is 11.6 Å². The molecule has 0 saturated carbocycles. The molecule has 0 aromatic heterocycles. The summed E-state index contributed by atoms with van der Waals surface area (Å²) in [6.07, 6.45) is 0. The van der Waals surface area contributed by atoms with E-state index < -0.39 is 0 Å². The van der Waals surface area contributed by atoms with E-state index in [1.165, 1.54) is 0 Å². The van der Waals surface area contributed by atoms with E-state index in [0.29, 0.717) is 5.56 Å². The number of benzene rings is 1. The molecule has 4 heteroatoms. The third kappa shape index (κ3) is 1.63. The van der Waals surface area contributed by atoms with Crippen LogP contribution in [0.5, 0.6) is 0 Å². The summed E-state index contributed by atoms with van der Waals surface area (Å²) in [6, 6.07) is 5.17. The van der Waals surface area contributed by atoms with Crippen LogP contribution in [0.25, 0.3) is 0 Å². The molecule has 1 amide bonds. The molecule has 15 heavy (non-hydrogen) atoms. The SMILES string of the molecule is CC1C(=O)Nc2ccc(C(=O)CCl)cc21. The molecule has 0 saturated heterocycles. The van der Waals surface area contributed by atoms with Crippen molar-refractivity contribution in [3.63, 3.8) is 0 Å². The van der Waals surface area contributed by atoms with Crippen LogP contribution in [-0.4, -0.2) is 17.6 Å². The molecule has 0 bridgehead atoms. The van der Waals surface area contributed by atoms with Crippen molar-refractivity contribution in [2.75, 3.05) is 11.2 Å². The van der Waals surface area contributed by atoms with E-state index >= 15 is 0 Å². The van der Waals surface area contributed by atoms with Gasteiger partial charge < -0.3 is 5.32 Å². The minimum atomic E-state index is -0.192. The van der Waals surface area contributed by atoms with Gasteiger partial charge in [0.15, 0.2) is 5.78 Å². The number of carbonyl (C=O) groups excluding carboxylic acids is 2. The van der Waals surface area contributed by atoms with Crippen molar-refractivity contribution in [3.8, 4) is 0 Å². The van der Waals surface area contributed by atoms with Gasteiger partial charge in [-0.1, -0.05) is 0 Å². The van der Waals surface area contributed by atoms with Gasteiger partial charge in [-0.05, 0) is 30.7 Å². The normalized spacial score (nSPS) is 18.5. The van der Waals surface area contributed by atoms with Gasteiger partial charge in [-0.2, -0.15) is 0 Å². The van der Waals surface area contributed by atoms with Crippen LogP contribution in [0.1, 0.15) is 28.8 Å². The smallest absolute Gasteiger partial charge is 0.231 e. The van der Waals surface area contributed by atoms with E-state index in [2.05, 4.69) is 5.32 Å². The van der Waals surface area contributed by atoms with Gasteiger partial charge in [0.1, 0.15) is 0 Å². The average molecular weight is 224 g/mol. The topological polar surface area (TPSA) is 46.2 Å². The lowest BCUT2D eigenvalue weighted by molar-refractivity contribution is -0.116. The largest absolute Gasteiger partial charge is 0.325 e. The van der Waals surface area contributed by atoms with Crippen molar-refractivity contribution in [3.05, 3.63) is 29.3 Å². The van der Waals surface area contributed by atoms with Gasteiger partial charge in [-0.25, -0.2) is 0 Å². The van der Waals surface area contributed by atoms with Crippen molar-refractivity contribution in [1.82, 2.24) is 0 Å². The number of carbonyl (C=O) groups is 2. The molecule has 1 aromatic carbocycles. The van der Waals surface area contributed by atoms with E-state index in [1.807, 2.05) is 6.92 Å². The highest BCUT2D eigenvalue weighted by atomic mass is 35.5. The van der Waals surface area contributed by atoms with Crippen LogP contribution in [0, 0.1) is 0 Å². The highest BCUT2D eigenvalue weighted by Crippen LogP contribution is 2.32. The second-order valence-electron chi connectivity index (χ2n) is 3.57. The lowest BCUT2D eigenvalue weighted by atomic mass is 9.99. The Bertz CT molecular complexity index is 442. The van der Waals surface area contributed by atoms with Crippen LogP contribution in [0.4, 0.5) is 5.69 Å². The number of ketones is 1. The summed E-state index contributed by atoms with van der Waals surface area (Å²) in [7, 11) is 0. The first-order valence-electron chi connectivity index (χ1n) is 4.67. The standard InChI is InChI=1S/C11H10ClNO2/c1-6-8-4-7(10(14)5-12)2-3-9(8)13-11(6)15/h2-4,6H,5H2,1H3,(H,13,15). The number of hydrogen-bond donors (Lipinski definition) is 1. The molecule has 0 radical (unpaired) electrons. The molecular weight excluding hydrogens is 214 g/mol. The highest BCUT2D eigenvalue weighted by molar-refractivity contribution is 6.30. The Morgan fingerprint density at radius 3 is 2.93 bits per heavy atom. The van der Waals surface area contributed by atoms with Gasteiger partial charge in [0.2, 0.25) is 5.91 Å². The van der Waals surface area contributed by atoms with Crippen molar-refractivity contribution in [2.45, 2.75) is 12.8 Å². The first-order valence-corrected chi connectivity index (χ1v) is 5.21. The predicted molar refractivity (Wildman–Crippen MR) is 58.5 cm³/mol. The fourth-order valence-corrected chi connectivity index (χ4v) is 1.82. The minimum Gasteiger partial charge on any atom is -0.325 e. The molecule has 1 atom stereocenters. The Morgan fingerprint density at radius 2 is 2.27 bits per heavy atom. The lowest BCUT2D eigenvalue weighted by Gasteiger charge is -2.03. The Kier molecular flexibility index (Phi) is 2.49. The zero-order valence-electron chi connectivity index (χ0n) is 8.21. The van der Waals surface area contributed by atoms with E-state index in [-0.39, 0.29) is 23.5 Å². The lowest BCUT2D eigenvalue weighted by Crippen LogP contribution is -2.08. The molecule has 1 unspecified atom stereocenters. The molecule has 0 fully saturated rings. The van der Waals surface area contributed by atoms with Gasteiger partial charge in [0, 0.05) is 11.3 Å². The molecule has 0 aliphatic carbocycles. The molecule has 1 N–H and O–H groups in total. The Labute approximate surface area is 92.4 Å². The third-order valence-electron chi connectivity index (χ3n) is 2.61. The number of nitrogens with one attached hydrogen (secondary N) is 1. The van der Waals surface area contributed by atoms with Crippen LogP contribution >= 0.6 is 11.6 Å². The van der Waals surface area contributed by atoms with Crippen molar-refractivity contribution in [2.24, 2.45) is 0 Å². The predicted octanol–water partition coefficient (Wildman–Crippen LogP) is 2.16. The van der Waals surface area contributed by atoms with Gasteiger partial charge >= 0.3 is 0 Å². The highest BCUT2D eigenvalue weighted by Gasteiger charge is 2.26. The van der Waals surface area contributed by atoms with E-state index in [0.717, 1.165) is 11.3 Å². The molecule has 1 aliphatic rings. The Morgan fingerprint density at radius 1 is 1.53 bits per heavy atom. The van der Waals surface area contributed by atoms with Gasteiger partial charge in [0.25, 0.3) is 0 Å². The summed E-state index contributed by atoms with van der Waals surface area (Å²) in [4.78, 5) is 22.7. The van der Waals surface area contributed by atoms with Gasteiger partial charge in [-0.3, -0.25) is 9.59 Å². The monoisotopic (exact) mass is 223 g/mol. The molecular formula is C11H10ClNO2. The van der Waals surface area contributed by atoms with Crippen LogP contribution < -0.4 is 5.32 Å².